The van der Waals surface area contributed by atoms with Gasteiger partial charge >= 0.3 is 0 Å². The van der Waals surface area contributed by atoms with Crippen molar-refractivity contribution in [2.24, 2.45) is 5.73 Å². The average Bonchev–Trinajstić information content (AvgIpc) is 3.12. The predicted molar refractivity (Wildman–Crippen MR) is 92.2 cm³/mol. The molecule has 0 aliphatic carbocycles. The first-order valence-electron chi connectivity index (χ1n) is 8.06. The van der Waals surface area contributed by atoms with Gasteiger partial charge in [0.05, 0.1) is 6.10 Å². The molecule has 26 heavy (non-hydrogen) atoms. The smallest absolute Gasteiger partial charge is 0.228 e. The summed E-state index contributed by atoms with van der Waals surface area (Å²) in [6.07, 6.45) is 1.88. The zero-order chi connectivity index (χ0) is 18.5. The first-order chi connectivity index (χ1) is 12.5. The highest BCUT2D eigenvalue weighted by Gasteiger charge is 2.17. The lowest BCUT2D eigenvalue weighted by atomic mass is 10.1. The summed E-state index contributed by atoms with van der Waals surface area (Å²) in [6, 6.07) is 8.89. The summed E-state index contributed by atoms with van der Waals surface area (Å²) >= 11 is 0. The molecule has 7 nitrogen and oxygen atoms in total. The Labute approximate surface area is 150 Å². The number of hydrogen-bond acceptors (Lipinski definition) is 7. The number of benzene rings is 1. The molecule has 0 unspecified atom stereocenters. The monoisotopic (exact) mass is 358 g/mol. The zero-order valence-corrected chi connectivity index (χ0v) is 14.4. The first-order valence-corrected chi connectivity index (χ1v) is 8.06. The topological polar surface area (TPSA) is 96.3 Å². The van der Waals surface area contributed by atoms with E-state index in [0.717, 1.165) is 0 Å². The van der Waals surface area contributed by atoms with Crippen LogP contribution in [0.3, 0.4) is 0 Å². The molecular weight excluding hydrogens is 339 g/mol. The maximum absolute atomic E-state index is 12.9. The molecule has 2 aromatic heterocycles. The van der Waals surface area contributed by atoms with Crippen LogP contribution < -0.4 is 10.5 Å². The van der Waals surface area contributed by atoms with E-state index in [9.17, 15) is 4.39 Å². The average molecular weight is 358 g/mol. The van der Waals surface area contributed by atoms with Crippen molar-refractivity contribution in [3.8, 4) is 23.0 Å². The van der Waals surface area contributed by atoms with E-state index in [1.807, 2.05) is 6.92 Å². The van der Waals surface area contributed by atoms with Crippen LogP contribution in [0.15, 0.2) is 47.1 Å². The Kier molecular flexibility index (Phi) is 5.55. The van der Waals surface area contributed by atoms with Gasteiger partial charge in [0.2, 0.25) is 17.6 Å². The molecule has 0 saturated carbocycles. The first kappa shape index (κ1) is 18.0. The normalized spacial score (nSPS) is 13.4. The Morgan fingerprint density at radius 2 is 1.96 bits per heavy atom. The van der Waals surface area contributed by atoms with Gasteiger partial charge in [-0.3, -0.25) is 0 Å². The van der Waals surface area contributed by atoms with E-state index in [0.29, 0.717) is 35.3 Å². The molecule has 2 N–H and O–H groups in total. The van der Waals surface area contributed by atoms with Crippen molar-refractivity contribution in [3.05, 3.63) is 54.3 Å². The lowest BCUT2D eigenvalue weighted by Gasteiger charge is -2.15. The lowest BCUT2D eigenvalue weighted by molar-refractivity contribution is 0.0929. The van der Waals surface area contributed by atoms with Gasteiger partial charge in [-0.05, 0) is 37.3 Å². The van der Waals surface area contributed by atoms with E-state index in [-0.39, 0.29) is 18.0 Å². The summed E-state index contributed by atoms with van der Waals surface area (Å²) in [5, 5.41) is 3.94. The fraction of sp³-hybridized carbons (Fsp3) is 0.278. The molecule has 0 amide bonds. The summed E-state index contributed by atoms with van der Waals surface area (Å²) < 4.78 is 28.9. The number of rotatable bonds is 7. The van der Waals surface area contributed by atoms with E-state index < -0.39 is 0 Å². The zero-order valence-electron chi connectivity index (χ0n) is 14.4. The molecule has 3 rings (SSSR count). The van der Waals surface area contributed by atoms with Gasteiger partial charge in [-0.2, -0.15) is 4.98 Å². The van der Waals surface area contributed by atoms with Crippen LogP contribution in [-0.2, 0) is 11.2 Å². The molecular formula is C18H19FN4O3. The van der Waals surface area contributed by atoms with E-state index in [1.54, 1.807) is 25.4 Å². The van der Waals surface area contributed by atoms with Crippen molar-refractivity contribution in [1.29, 1.82) is 0 Å². The molecule has 0 aliphatic rings. The Morgan fingerprint density at radius 1 is 1.19 bits per heavy atom. The number of nitrogens with two attached hydrogens (primary N) is 1. The van der Waals surface area contributed by atoms with E-state index in [1.165, 1.54) is 24.3 Å². The molecule has 136 valence electrons. The Balaban J connectivity index is 1.66. The Morgan fingerprint density at radius 3 is 2.62 bits per heavy atom. The fourth-order valence-electron chi connectivity index (χ4n) is 2.19. The van der Waals surface area contributed by atoms with Crippen LogP contribution in [0, 0.1) is 5.82 Å². The summed E-state index contributed by atoms with van der Waals surface area (Å²) in [4.78, 5) is 8.53. The number of methoxy groups -OCH3 is 1. The summed E-state index contributed by atoms with van der Waals surface area (Å²) in [7, 11) is 1.60. The van der Waals surface area contributed by atoms with E-state index in [2.05, 4.69) is 15.1 Å². The molecule has 0 spiro atoms. The number of nitrogens with zero attached hydrogens (tertiary/aromatic N) is 3. The van der Waals surface area contributed by atoms with E-state index >= 15 is 0 Å². The quantitative estimate of drug-likeness (QED) is 0.693. The molecule has 2 atom stereocenters. The van der Waals surface area contributed by atoms with Crippen LogP contribution >= 0.6 is 0 Å². The molecule has 0 aliphatic heterocycles. The van der Waals surface area contributed by atoms with Gasteiger partial charge in [0.15, 0.2) is 0 Å². The predicted octanol–water partition coefficient (Wildman–Crippen LogP) is 2.97. The largest absolute Gasteiger partial charge is 0.439 e. The number of ether oxygens (including phenoxy) is 2. The Hall–Kier alpha value is -2.84. The lowest BCUT2D eigenvalue weighted by Crippen LogP contribution is -2.35. The molecule has 2 heterocycles. The van der Waals surface area contributed by atoms with Crippen molar-refractivity contribution >= 4 is 0 Å². The molecule has 8 heteroatoms. The highest BCUT2D eigenvalue weighted by Crippen LogP contribution is 2.22. The van der Waals surface area contributed by atoms with Gasteiger partial charge in [-0.15, -0.1) is 0 Å². The third-order valence-corrected chi connectivity index (χ3v) is 3.88. The van der Waals surface area contributed by atoms with Crippen molar-refractivity contribution in [1.82, 2.24) is 15.1 Å². The highest BCUT2D eigenvalue weighted by molar-refractivity contribution is 5.53. The van der Waals surface area contributed by atoms with Crippen molar-refractivity contribution < 1.29 is 18.4 Å². The van der Waals surface area contributed by atoms with Gasteiger partial charge < -0.3 is 19.7 Å². The third kappa shape index (κ3) is 4.41. The molecule has 0 fully saturated rings. The van der Waals surface area contributed by atoms with Crippen molar-refractivity contribution in [2.45, 2.75) is 25.5 Å². The SMILES string of the molecule is CO[C@H](C)[C@H](N)Cc1nc(-c2ccc(Oc3ccc(F)cc3)nc2)no1. The Bertz CT molecular complexity index is 836. The minimum atomic E-state index is -0.326. The van der Waals surface area contributed by atoms with Crippen LogP contribution in [0.25, 0.3) is 11.4 Å². The highest BCUT2D eigenvalue weighted by atomic mass is 19.1. The van der Waals surface area contributed by atoms with E-state index in [4.69, 9.17) is 19.7 Å². The molecule has 0 bridgehead atoms. The number of pyridine rings is 1. The second-order valence-electron chi connectivity index (χ2n) is 5.76. The number of hydrogen-bond donors (Lipinski definition) is 1. The number of halogens is 1. The minimum absolute atomic E-state index is 0.116. The van der Waals surface area contributed by atoms with Crippen LogP contribution in [0.1, 0.15) is 12.8 Å². The van der Waals surface area contributed by atoms with Gasteiger partial charge in [0.1, 0.15) is 11.6 Å². The standard InChI is InChI=1S/C18H19FN4O3/c1-11(24-2)15(20)9-17-22-18(23-26-17)12-3-8-16(21-10-12)25-14-6-4-13(19)5-7-14/h3-8,10-11,15H,9,20H2,1-2H3/t11-,15-/m1/s1. The molecule has 1 aromatic carbocycles. The molecule has 0 saturated heterocycles. The number of aromatic nitrogens is 3. The molecule has 3 aromatic rings. The maximum atomic E-state index is 12.9. The second-order valence-corrected chi connectivity index (χ2v) is 5.76. The van der Waals surface area contributed by atoms with Crippen molar-refractivity contribution in [2.75, 3.05) is 7.11 Å². The maximum Gasteiger partial charge on any atom is 0.228 e. The second kappa shape index (κ2) is 8.03. The van der Waals surface area contributed by atoms with Crippen LogP contribution in [0.5, 0.6) is 11.6 Å². The van der Waals surface area contributed by atoms with Crippen LogP contribution in [0.4, 0.5) is 4.39 Å². The van der Waals surface area contributed by atoms with Gasteiger partial charge in [-0.25, -0.2) is 9.37 Å². The summed E-state index contributed by atoms with van der Waals surface area (Å²) in [5.41, 5.74) is 6.69. The van der Waals surface area contributed by atoms with Crippen molar-refractivity contribution in [3.63, 3.8) is 0 Å². The summed E-state index contributed by atoms with van der Waals surface area (Å²) in [5.74, 6) is 1.39. The van der Waals surface area contributed by atoms with Gasteiger partial charge in [0.25, 0.3) is 0 Å². The molecule has 0 radical (unpaired) electrons. The van der Waals surface area contributed by atoms with Gasteiger partial charge in [0, 0.05) is 37.4 Å². The summed E-state index contributed by atoms with van der Waals surface area (Å²) in [6.45, 7) is 1.88. The van der Waals surface area contributed by atoms with Crippen LogP contribution in [0.2, 0.25) is 0 Å². The fourth-order valence-corrected chi connectivity index (χ4v) is 2.19. The third-order valence-electron chi connectivity index (χ3n) is 3.88. The minimum Gasteiger partial charge on any atom is -0.439 e. The van der Waals surface area contributed by atoms with Crippen LogP contribution in [-0.4, -0.2) is 34.4 Å². The van der Waals surface area contributed by atoms with Gasteiger partial charge in [-0.1, -0.05) is 5.16 Å².